The van der Waals surface area contributed by atoms with Crippen LogP contribution in [0.4, 0.5) is 0 Å². The Labute approximate surface area is 85.0 Å². The summed E-state index contributed by atoms with van der Waals surface area (Å²) in [7, 11) is 0. The largest absolute Gasteiger partial charge is 0.335 e. The van der Waals surface area contributed by atoms with Gasteiger partial charge in [-0.3, -0.25) is 0 Å². The summed E-state index contributed by atoms with van der Waals surface area (Å²) in [6, 6.07) is 0.572. The summed E-state index contributed by atoms with van der Waals surface area (Å²) >= 11 is 5.24. The fourth-order valence-electron chi connectivity index (χ4n) is 1.68. The molecule has 74 valence electrons. The van der Waals surface area contributed by atoms with E-state index in [1.807, 2.05) is 6.92 Å². The van der Waals surface area contributed by atoms with Crippen molar-refractivity contribution in [3.05, 3.63) is 16.7 Å². The monoisotopic (exact) mass is 198 g/mol. The summed E-state index contributed by atoms with van der Waals surface area (Å²) < 4.78 is 3.05. The highest BCUT2D eigenvalue weighted by Crippen LogP contribution is 2.18. The number of hydrogen-bond donors (Lipinski definition) is 1. The first-order valence-corrected chi connectivity index (χ1v) is 5.37. The first-order chi connectivity index (χ1) is 6.19. The van der Waals surface area contributed by atoms with Crippen molar-refractivity contribution in [2.24, 2.45) is 0 Å². The summed E-state index contributed by atoms with van der Waals surface area (Å²) in [6.07, 6.45) is 5.69. The number of H-pyrrole nitrogens is 1. The number of aryl methyl sites for hydroxylation is 1. The lowest BCUT2D eigenvalue weighted by atomic mass is 10.1. The Morgan fingerprint density at radius 1 is 1.54 bits per heavy atom. The van der Waals surface area contributed by atoms with Gasteiger partial charge in [-0.1, -0.05) is 20.3 Å². The van der Waals surface area contributed by atoms with Gasteiger partial charge in [0, 0.05) is 17.9 Å². The zero-order valence-corrected chi connectivity index (χ0v) is 9.45. The van der Waals surface area contributed by atoms with Crippen LogP contribution < -0.4 is 0 Å². The molecule has 0 fully saturated rings. The molecule has 3 heteroatoms. The van der Waals surface area contributed by atoms with Crippen molar-refractivity contribution in [1.82, 2.24) is 9.55 Å². The van der Waals surface area contributed by atoms with E-state index in [-0.39, 0.29) is 0 Å². The smallest absolute Gasteiger partial charge is 0.177 e. The van der Waals surface area contributed by atoms with Gasteiger partial charge in [-0.05, 0) is 32.0 Å². The molecule has 0 spiro atoms. The molecule has 0 saturated heterocycles. The first-order valence-electron chi connectivity index (χ1n) is 4.96. The van der Waals surface area contributed by atoms with Crippen molar-refractivity contribution in [3.8, 4) is 0 Å². The SMILES string of the molecule is CCCC(CC)n1cc(C)[nH]c1=S. The predicted molar refractivity (Wildman–Crippen MR) is 58.6 cm³/mol. The van der Waals surface area contributed by atoms with Gasteiger partial charge < -0.3 is 9.55 Å². The van der Waals surface area contributed by atoms with Gasteiger partial charge in [-0.2, -0.15) is 0 Å². The lowest BCUT2D eigenvalue weighted by Crippen LogP contribution is -2.06. The number of rotatable bonds is 4. The van der Waals surface area contributed by atoms with Crippen LogP contribution >= 0.6 is 12.2 Å². The molecule has 0 bridgehead atoms. The van der Waals surface area contributed by atoms with Gasteiger partial charge in [0.1, 0.15) is 0 Å². The Bertz CT molecular complexity index is 311. The minimum Gasteiger partial charge on any atom is -0.335 e. The molecule has 1 aromatic heterocycles. The van der Waals surface area contributed by atoms with Gasteiger partial charge in [0.2, 0.25) is 0 Å². The lowest BCUT2D eigenvalue weighted by molar-refractivity contribution is 0.443. The molecule has 13 heavy (non-hydrogen) atoms. The van der Waals surface area contributed by atoms with Crippen molar-refractivity contribution in [3.63, 3.8) is 0 Å². The van der Waals surface area contributed by atoms with Gasteiger partial charge in [-0.15, -0.1) is 0 Å². The van der Waals surface area contributed by atoms with Crippen molar-refractivity contribution < 1.29 is 0 Å². The van der Waals surface area contributed by atoms with Gasteiger partial charge in [0.25, 0.3) is 0 Å². The standard InChI is InChI=1S/C10H18N2S/c1-4-6-9(5-2)12-7-8(3)11-10(12)13/h7,9H,4-6H2,1-3H3,(H,11,13). The zero-order chi connectivity index (χ0) is 9.84. The molecule has 1 rings (SSSR count). The van der Waals surface area contributed by atoms with Crippen LogP contribution in [-0.2, 0) is 0 Å². The van der Waals surface area contributed by atoms with Gasteiger partial charge >= 0.3 is 0 Å². The third-order valence-corrected chi connectivity index (χ3v) is 2.67. The molecule has 1 N–H and O–H groups in total. The molecule has 1 unspecified atom stereocenters. The highest BCUT2D eigenvalue weighted by Gasteiger charge is 2.08. The van der Waals surface area contributed by atoms with E-state index in [0.29, 0.717) is 6.04 Å². The average molecular weight is 198 g/mol. The van der Waals surface area contributed by atoms with Crippen LogP contribution in [0.3, 0.4) is 0 Å². The molecule has 0 aliphatic rings. The van der Waals surface area contributed by atoms with Crippen molar-refractivity contribution in [1.29, 1.82) is 0 Å². The summed E-state index contributed by atoms with van der Waals surface area (Å²) in [5, 5.41) is 0. The second kappa shape index (κ2) is 4.61. The quantitative estimate of drug-likeness (QED) is 0.733. The molecule has 1 aromatic rings. The zero-order valence-electron chi connectivity index (χ0n) is 8.63. The molecular formula is C10H18N2S. The maximum atomic E-state index is 5.24. The van der Waals surface area contributed by atoms with Crippen LogP contribution in [0, 0.1) is 11.7 Å². The van der Waals surface area contributed by atoms with E-state index >= 15 is 0 Å². The number of aromatic amines is 1. The van der Waals surface area contributed by atoms with Crippen LogP contribution in [0.5, 0.6) is 0 Å². The molecule has 0 saturated carbocycles. The highest BCUT2D eigenvalue weighted by molar-refractivity contribution is 7.71. The van der Waals surface area contributed by atoms with Gasteiger partial charge in [-0.25, -0.2) is 0 Å². The molecule has 0 aliphatic carbocycles. The maximum absolute atomic E-state index is 5.24. The Hall–Kier alpha value is -0.570. The minimum atomic E-state index is 0.572. The Morgan fingerprint density at radius 2 is 2.23 bits per heavy atom. The highest BCUT2D eigenvalue weighted by atomic mass is 32.1. The third kappa shape index (κ3) is 2.44. The number of imidazole rings is 1. The van der Waals surface area contributed by atoms with Crippen LogP contribution in [0.2, 0.25) is 0 Å². The van der Waals surface area contributed by atoms with Crippen molar-refractivity contribution in [2.75, 3.05) is 0 Å². The second-order valence-electron chi connectivity index (χ2n) is 3.50. The second-order valence-corrected chi connectivity index (χ2v) is 3.89. The van der Waals surface area contributed by atoms with Crippen molar-refractivity contribution in [2.45, 2.75) is 46.1 Å². The van der Waals surface area contributed by atoms with Crippen LogP contribution in [0.25, 0.3) is 0 Å². The van der Waals surface area contributed by atoms with E-state index < -0.39 is 0 Å². The van der Waals surface area contributed by atoms with Crippen LogP contribution in [0.1, 0.15) is 44.8 Å². The molecule has 1 atom stereocenters. The lowest BCUT2D eigenvalue weighted by Gasteiger charge is -2.15. The molecule has 1 heterocycles. The Morgan fingerprint density at radius 3 is 2.62 bits per heavy atom. The average Bonchev–Trinajstić information content (AvgIpc) is 2.41. The van der Waals surface area contributed by atoms with E-state index in [1.165, 1.54) is 12.8 Å². The number of aromatic nitrogens is 2. The topological polar surface area (TPSA) is 20.7 Å². The Kier molecular flexibility index (Phi) is 3.72. The van der Waals surface area contributed by atoms with Crippen molar-refractivity contribution >= 4 is 12.2 Å². The van der Waals surface area contributed by atoms with E-state index in [1.54, 1.807) is 0 Å². The van der Waals surface area contributed by atoms with Gasteiger partial charge in [0.05, 0.1) is 0 Å². The fraction of sp³-hybridized carbons (Fsp3) is 0.700. The molecule has 0 aromatic carbocycles. The van der Waals surface area contributed by atoms with E-state index in [2.05, 4.69) is 29.6 Å². The maximum Gasteiger partial charge on any atom is 0.177 e. The minimum absolute atomic E-state index is 0.572. The fourth-order valence-corrected chi connectivity index (χ4v) is 2.04. The Balaban J connectivity index is 2.90. The van der Waals surface area contributed by atoms with Crippen LogP contribution in [0.15, 0.2) is 6.20 Å². The number of nitrogens with one attached hydrogen (secondary N) is 1. The predicted octanol–water partition coefficient (Wildman–Crippen LogP) is 3.61. The molecule has 0 radical (unpaired) electrons. The summed E-state index contributed by atoms with van der Waals surface area (Å²) in [6.45, 7) is 6.47. The number of nitrogens with zero attached hydrogens (tertiary/aromatic N) is 1. The van der Waals surface area contributed by atoms with E-state index in [0.717, 1.165) is 16.9 Å². The number of hydrogen-bond acceptors (Lipinski definition) is 1. The molecular weight excluding hydrogens is 180 g/mol. The first kappa shape index (κ1) is 10.5. The normalized spacial score (nSPS) is 13.2. The van der Waals surface area contributed by atoms with Crippen LogP contribution in [-0.4, -0.2) is 9.55 Å². The molecule has 2 nitrogen and oxygen atoms in total. The molecule has 0 amide bonds. The summed E-state index contributed by atoms with van der Waals surface area (Å²) in [5.41, 5.74) is 1.15. The summed E-state index contributed by atoms with van der Waals surface area (Å²) in [5.74, 6) is 0. The third-order valence-electron chi connectivity index (χ3n) is 2.36. The summed E-state index contributed by atoms with van der Waals surface area (Å²) in [4.78, 5) is 3.16. The van der Waals surface area contributed by atoms with E-state index in [9.17, 15) is 0 Å². The van der Waals surface area contributed by atoms with Gasteiger partial charge in [0.15, 0.2) is 4.77 Å². The molecule has 0 aliphatic heterocycles. The van der Waals surface area contributed by atoms with E-state index in [4.69, 9.17) is 12.2 Å².